The summed E-state index contributed by atoms with van der Waals surface area (Å²) in [6, 6.07) is 11.2. The van der Waals surface area contributed by atoms with Crippen LogP contribution in [0.2, 0.25) is 0 Å². The molecule has 15 heavy (non-hydrogen) atoms. The van der Waals surface area contributed by atoms with E-state index < -0.39 is 0 Å². The largest absolute Gasteiger partial charge is 0.398 e. The maximum atomic E-state index is 5.87. The standard InChI is InChI=1S/C13H10N2/c1-2-10-6-5-9-15-13(10)11-7-3-4-8-12(11)14/h1,3-9H,14H2. The fraction of sp³-hybridized carbons (Fsp3) is 0. The van der Waals surface area contributed by atoms with Crippen LogP contribution in [0.5, 0.6) is 0 Å². The normalized spacial score (nSPS) is 9.53. The smallest absolute Gasteiger partial charge is 0.0878 e. The minimum atomic E-state index is 0.688. The molecule has 2 aromatic rings. The SMILES string of the molecule is C#Cc1cccnc1-c1ccccc1N. The predicted molar refractivity (Wildman–Crippen MR) is 62.0 cm³/mol. The van der Waals surface area contributed by atoms with Crippen LogP contribution in [0.4, 0.5) is 5.69 Å². The van der Waals surface area contributed by atoms with Gasteiger partial charge in [-0.05, 0) is 18.2 Å². The fourth-order valence-electron chi connectivity index (χ4n) is 1.45. The van der Waals surface area contributed by atoms with E-state index in [1.807, 2.05) is 36.4 Å². The van der Waals surface area contributed by atoms with Gasteiger partial charge in [-0.3, -0.25) is 4.98 Å². The van der Waals surface area contributed by atoms with Crippen LogP contribution in [0.3, 0.4) is 0 Å². The average Bonchev–Trinajstić information content (AvgIpc) is 2.30. The zero-order chi connectivity index (χ0) is 10.7. The molecule has 0 spiro atoms. The maximum absolute atomic E-state index is 5.87. The Bertz CT molecular complexity index is 524. The Kier molecular flexibility index (Phi) is 2.38. The molecule has 1 aromatic heterocycles. The highest BCUT2D eigenvalue weighted by molar-refractivity contribution is 5.77. The molecule has 1 heterocycles. The molecule has 0 aliphatic rings. The van der Waals surface area contributed by atoms with Crippen molar-refractivity contribution in [2.45, 2.75) is 0 Å². The van der Waals surface area contributed by atoms with E-state index in [1.54, 1.807) is 6.20 Å². The lowest BCUT2D eigenvalue weighted by Gasteiger charge is -2.06. The monoisotopic (exact) mass is 194 g/mol. The molecule has 0 amide bonds. The number of para-hydroxylation sites is 1. The van der Waals surface area contributed by atoms with E-state index in [2.05, 4.69) is 10.9 Å². The molecule has 2 rings (SSSR count). The summed E-state index contributed by atoms with van der Waals surface area (Å²) >= 11 is 0. The third-order valence-corrected chi connectivity index (χ3v) is 2.18. The second-order valence-electron chi connectivity index (χ2n) is 3.13. The average molecular weight is 194 g/mol. The Hall–Kier alpha value is -2.27. The molecule has 0 atom stereocenters. The lowest BCUT2D eigenvalue weighted by molar-refractivity contribution is 1.31. The van der Waals surface area contributed by atoms with Crippen molar-refractivity contribution >= 4 is 5.69 Å². The lowest BCUT2D eigenvalue weighted by Crippen LogP contribution is -1.93. The van der Waals surface area contributed by atoms with Crippen LogP contribution < -0.4 is 5.73 Å². The lowest BCUT2D eigenvalue weighted by atomic mass is 10.0. The summed E-state index contributed by atoms with van der Waals surface area (Å²) in [6.07, 6.45) is 7.12. The summed E-state index contributed by atoms with van der Waals surface area (Å²) < 4.78 is 0. The zero-order valence-corrected chi connectivity index (χ0v) is 8.14. The van der Waals surface area contributed by atoms with E-state index in [0.29, 0.717) is 5.69 Å². The highest BCUT2D eigenvalue weighted by atomic mass is 14.7. The van der Waals surface area contributed by atoms with Gasteiger partial charge in [-0.25, -0.2) is 0 Å². The molecular weight excluding hydrogens is 184 g/mol. The zero-order valence-electron chi connectivity index (χ0n) is 8.14. The first-order valence-electron chi connectivity index (χ1n) is 4.59. The van der Waals surface area contributed by atoms with Crippen LogP contribution >= 0.6 is 0 Å². The van der Waals surface area contributed by atoms with Gasteiger partial charge in [0.1, 0.15) is 0 Å². The van der Waals surface area contributed by atoms with Crippen molar-refractivity contribution in [3.05, 3.63) is 48.2 Å². The van der Waals surface area contributed by atoms with Gasteiger partial charge in [0.2, 0.25) is 0 Å². The summed E-state index contributed by atoms with van der Waals surface area (Å²) in [7, 11) is 0. The molecule has 0 bridgehead atoms. The Labute approximate surface area is 88.8 Å². The number of hydrogen-bond donors (Lipinski definition) is 1. The number of benzene rings is 1. The van der Waals surface area contributed by atoms with Gasteiger partial charge in [-0.15, -0.1) is 6.42 Å². The highest BCUT2D eigenvalue weighted by Crippen LogP contribution is 2.25. The Morgan fingerprint density at radius 2 is 1.93 bits per heavy atom. The summed E-state index contributed by atoms with van der Waals surface area (Å²) in [5, 5.41) is 0. The van der Waals surface area contributed by atoms with Crippen LogP contribution in [0.1, 0.15) is 5.56 Å². The Morgan fingerprint density at radius 1 is 1.13 bits per heavy atom. The molecule has 0 aliphatic carbocycles. The molecule has 0 aliphatic heterocycles. The third kappa shape index (κ3) is 1.68. The van der Waals surface area contributed by atoms with E-state index in [9.17, 15) is 0 Å². The van der Waals surface area contributed by atoms with Gasteiger partial charge < -0.3 is 5.73 Å². The second-order valence-corrected chi connectivity index (χ2v) is 3.13. The predicted octanol–water partition coefficient (Wildman–Crippen LogP) is 2.31. The van der Waals surface area contributed by atoms with Crippen molar-refractivity contribution < 1.29 is 0 Å². The first-order chi connectivity index (χ1) is 7.33. The van der Waals surface area contributed by atoms with Crippen molar-refractivity contribution in [1.82, 2.24) is 4.98 Å². The summed E-state index contributed by atoms with van der Waals surface area (Å²) in [5.74, 6) is 2.60. The maximum Gasteiger partial charge on any atom is 0.0878 e. The van der Waals surface area contributed by atoms with Crippen LogP contribution in [-0.4, -0.2) is 4.98 Å². The summed E-state index contributed by atoms with van der Waals surface area (Å²) in [6.45, 7) is 0. The molecule has 0 radical (unpaired) electrons. The minimum Gasteiger partial charge on any atom is -0.398 e. The topological polar surface area (TPSA) is 38.9 Å². The number of terminal acetylenes is 1. The Balaban J connectivity index is 2.65. The number of nitrogen functional groups attached to an aromatic ring is 1. The summed E-state index contributed by atoms with van der Waals surface area (Å²) in [4.78, 5) is 4.26. The molecule has 0 saturated carbocycles. The molecule has 1 aromatic carbocycles. The van der Waals surface area contributed by atoms with Gasteiger partial charge in [-0.1, -0.05) is 24.1 Å². The van der Waals surface area contributed by atoms with E-state index in [1.165, 1.54) is 0 Å². The number of pyridine rings is 1. The van der Waals surface area contributed by atoms with Crippen LogP contribution in [0.15, 0.2) is 42.6 Å². The van der Waals surface area contributed by atoms with Crippen molar-refractivity contribution in [1.29, 1.82) is 0 Å². The second kappa shape index (κ2) is 3.85. The van der Waals surface area contributed by atoms with E-state index in [4.69, 9.17) is 12.2 Å². The van der Waals surface area contributed by atoms with E-state index in [-0.39, 0.29) is 0 Å². The van der Waals surface area contributed by atoms with Gasteiger partial charge in [-0.2, -0.15) is 0 Å². The Morgan fingerprint density at radius 3 is 2.67 bits per heavy atom. The highest BCUT2D eigenvalue weighted by Gasteiger charge is 2.06. The van der Waals surface area contributed by atoms with Gasteiger partial charge in [0, 0.05) is 17.4 Å². The van der Waals surface area contributed by atoms with Crippen molar-refractivity contribution in [2.75, 3.05) is 5.73 Å². The van der Waals surface area contributed by atoms with Gasteiger partial charge in [0.15, 0.2) is 0 Å². The quantitative estimate of drug-likeness (QED) is 0.559. The van der Waals surface area contributed by atoms with E-state index in [0.717, 1.165) is 16.8 Å². The van der Waals surface area contributed by atoms with Crippen molar-refractivity contribution in [2.24, 2.45) is 0 Å². The van der Waals surface area contributed by atoms with Crippen molar-refractivity contribution in [3.8, 4) is 23.6 Å². The molecule has 72 valence electrons. The first-order valence-corrected chi connectivity index (χ1v) is 4.59. The van der Waals surface area contributed by atoms with Crippen molar-refractivity contribution in [3.63, 3.8) is 0 Å². The minimum absolute atomic E-state index is 0.688. The number of hydrogen-bond acceptors (Lipinski definition) is 2. The number of nitrogens with zero attached hydrogens (tertiary/aromatic N) is 1. The molecular formula is C13H10N2. The molecule has 2 N–H and O–H groups in total. The number of aromatic nitrogens is 1. The first kappa shape index (κ1) is 9.29. The molecule has 0 unspecified atom stereocenters. The summed E-state index contributed by atoms with van der Waals surface area (Å²) in [5.41, 5.74) is 8.96. The molecule has 0 saturated heterocycles. The number of rotatable bonds is 1. The fourth-order valence-corrected chi connectivity index (χ4v) is 1.45. The number of nitrogens with two attached hydrogens (primary N) is 1. The van der Waals surface area contributed by atoms with Crippen LogP contribution in [0, 0.1) is 12.3 Å². The van der Waals surface area contributed by atoms with Gasteiger partial charge in [0.25, 0.3) is 0 Å². The van der Waals surface area contributed by atoms with Crippen LogP contribution in [0.25, 0.3) is 11.3 Å². The van der Waals surface area contributed by atoms with Gasteiger partial charge in [0.05, 0.1) is 11.3 Å². The van der Waals surface area contributed by atoms with E-state index >= 15 is 0 Å². The molecule has 2 heteroatoms. The molecule has 0 fully saturated rings. The molecule has 2 nitrogen and oxygen atoms in total. The van der Waals surface area contributed by atoms with Gasteiger partial charge >= 0.3 is 0 Å². The third-order valence-electron chi connectivity index (χ3n) is 2.18. The van der Waals surface area contributed by atoms with Crippen LogP contribution in [-0.2, 0) is 0 Å². The number of anilines is 1.